The van der Waals surface area contributed by atoms with Crippen molar-refractivity contribution in [3.05, 3.63) is 79.4 Å². The highest BCUT2D eigenvalue weighted by molar-refractivity contribution is 5.85. The number of fused-ring (bicyclic) bond motifs is 1. The molecule has 0 radical (unpaired) electrons. The Morgan fingerprint density at radius 1 is 0.840 bits per heavy atom. The number of hydrogen-bond acceptors (Lipinski definition) is 4. The Morgan fingerprint density at radius 3 is 2.24 bits per heavy atom. The number of esters is 1. The standard InChI is InChI=1S/C21H18O4/c1-2-21(22)24-13-12-23-19-10-8-17-15-20(11-9-16(17)14-19)25-18-6-4-3-5-7-18/h2-11,14-15H,1,12-13H2. The summed E-state index contributed by atoms with van der Waals surface area (Å²) in [6, 6.07) is 21.3. The van der Waals surface area contributed by atoms with Gasteiger partial charge in [-0.05, 0) is 47.2 Å². The molecule has 0 spiro atoms. The van der Waals surface area contributed by atoms with Crippen LogP contribution in [-0.2, 0) is 9.53 Å². The fourth-order valence-electron chi connectivity index (χ4n) is 2.34. The Bertz CT molecular complexity index is 871. The molecule has 4 heteroatoms. The fourth-order valence-corrected chi connectivity index (χ4v) is 2.34. The van der Waals surface area contributed by atoms with Crippen LogP contribution in [0.1, 0.15) is 0 Å². The molecule has 4 nitrogen and oxygen atoms in total. The van der Waals surface area contributed by atoms with E-state index in [9.17, 15) is 4.79 Å². The molecule has 0 N–H and O–H groups in total. The van der Waals surface area contributed by atoms with Gasteiger partial charge in [-0.3, -0.25) is 0 Å². The minimum atomic E-state index is -0.451. The van der Waals surface area contributed by atoms with Crippen molar-refractivity contribution < 1.29 is 19.0 Å². The van der Waals surface area contributed by atoms with Gasteiger partial charge in [0.05, 0.1) is 0 Å². The first-order valence-electron chi connectivity index (χ1n) is 7.93. The molecule has 126 valence electrons. The second-order valence-corrected chi connectivity index (χ2v) is 5.31. The smallest absolute Gasteiger partial charge is 0.330 e. The number of benzene rings is 3. The number of para-hydroxylation sites is 1. The predicted molar refractivity (Wildman–Crippen MR) is 97.1 cm³/mol. The molecule has 0 aliphatic carbocycles. The highest BCUT2D eigenvalue weighted by Crippen LogP contribution is 2.27. The molecule has 0 fully saturated rings. The maximum absolute atomic E-state index is 11.0. The van der Waals surface area contributed by atoms with Crippen LogP contribution in [-0.4, -0.2) is 19.2 Å². The average Bonchev–Trinajstić information content (AvgIpc) is 2.66. The van der Waals surface area contributed by atoms with Crippen LogP contribution in [0.4, 0.5) is 0 Å². The molecular weight excluding hydrogens is 316 g/mol. The summed E-state index contributed by atoms with van der Waals surface area (Å²) in [6.07, 6.45) is 1.13. The number of ether oxygens (including phenoxy) is 3. The summed E-state index contributed by atoms with van der Waals surface area (Å²) < 4.78 is 16.3. The molecule has 0 aliphatic rings. The SMILES string of the molecule is C=CC(=O)OCCOc1ccc2cc(Oc3ccccc3)ccc2c1. The van der Waals surface area contributed by atoms with Gasteiger partial charge in [0.2, 0.25) is 0 Å². The lowest BCUT2D eigenvalue weighted by Gasteiger charge is -2.09. The molecule has 0 unspecified atom stereocenters. The molecule has 0 bridgehead atoms. The van der Waals surface area contributed by atoms with Crippen LogP contribution in [0.3, 0.4) is 0 Å². The summed E-state index contributed by atoms with van der Waals surface area (Å²) in [7, 11) is 0. The topological polar surface area (TPSA) is 44.8 Å². The number of carbonyl (C=O) groups is 1. The van der Waals surface area contributed by atoms with Crippen molar-refractivity contribution in [3.8, 4) is 17.2 Å². The lowest BCUT2D eigenvalue weighted by molar-refractivity contribution is -0.138. The van der Waals surface area contributed by atoms with Gasteiger partial charge in [-0.1, -0.05) is 36.9 Å². The molecule has 0 atom stereocenters. The number of carbonyl (C=O) groups excluding carboxylic acids is 1. The first-order chi connectivity index (χ1) is 12.2. The van der Waals surface area contributed by atoms with Crippen molar-refractivity contribution in [1.82, 2.24) is 0 Å². The van der Waals surface area contributed by atoms with E-state index in [0.29, 0.717) is 6.61 Å². The van der Waals surface area contributed by atoms with Crippen LogP contribution in [0.15, 0.2) is 79.4 Å². The molecule has 0 saturated carbocycles. The fraction of sp³-hybridized carbons (Fsp3) is 0.0952. The van der Waals surface area contributed by atoms with Crippen LogP contribution in [0, 0.1) is 0 Å². The van der Waals surface area contributed by atoms with E-state index in [4.69, 9.17) is 14.2 Å². The van der Waals surface area contributed by atoms with E-state index >= 15 is 0 Å². The molecule has 3 aromatic carbocycles. The maximum Gasteiger partial charge on any atom is 0.330 e. The summed E-state index contributed by atoms with van der Waals surface area (Å²) in [5.41, 5.74) is 0. The zero-order valence-corrected chi connectivity index (χ0v) is 13.7. The van der Waals surface area contributed by atoms with Gasteiger partial charge in [0, 0.05) is 6.08 Å². The third-order valence-electron chi connectivity index (χ3n) is 3.53. The van der Waals surface area contributed by atoms with E-state index in [1.165, 1.54) is 0 Å². The second-order valence-electron chi connectivity index (χ2n) is 5.31. The first-order valence-corrected chi connectivity index (χ1v) is 7.93. The minimum absolute atomic E-state index is 0.187. The Balaban J connectivity index is 1.64. The van der Waals surface area contributed by atoms with Crippen LogP contribution in [0.25, 0.3) is 10.8 Å². The zero-order valence-electron chi connectivity index (χ0n) is 13.7. The molecular formula is C21H18O4. The molecule has 0 heterocycles. The summed E-state index contributed by atoms with van der Waals surface area (Å²) in [6.45, 7) is 3.82. The van der Waals surface area contributed by atoms with Crippen molar-refractivity contribution in [2.75, 3.05) is 13.2 Å². The Labute approximate surface area is 146 Å². The second kappa shape index (κ2) is 8.02. The molecule has 3 rings (SSSR count). The summed E-state index contributed by atoms with van der Waals surface area (Å²) in [5.74, 6) is 1.85. The Morgan fingerprint density at radius 2 is 1.52 bits per heavy atom. The van der Waals surface area contributed by atoms with E-state index in [2.05, 4.69) is 6.58 Å². The van der Waals surface area contributed by atoms with Gasteiger partial charge in [0.1, 0.15) is 30.5 Å². The van der Waals surface area contributed by atoms with Gasteiger partial charge in [-0.15, -0.1) is 0 Å². The first kappa shape index (κ1) is 16.6. The van der Waals surface area contributed by atoms with Crippen LogP contribution in [0.2, 0.25) is 0 Å². The highest BCUT2D eigenvalue weighted by atomic mass is 16.6. The normalized spacial score (nSPS) is 10.2. The molecule has 3 aromatic rings. The van der Waals surface area contributed by atoms with Crippen molar-refractivity contribution in [2.24, 2.45) is 0 Å². The lowest BCUT2D eigenvalue weighted by Crippen LogP contribution is -2.10. The summed E-state index contributed by atoms with van der Waals surface area (Å²) in [4.78, 5) is 11.0. The van der Waals surface area contributed by atoms with Crippen LogP contribution >= 0.6 is 0 Å². The van der Waals surface area contributed by atoms with E-state index < -0.39 is 5.97 Å². The Kier molecular flexibility index (Phi) is 5.32. The predicted octanol–water partition coefficient (Wildman–Crippen LogP) is 4.74. The van der Waals surface area contributed by atoms with E-state index in [-0.39, 0.29) is 6.61 Å². The van der Waals surface area contributed by atoms with E-state index in [0.717, 1.165) is 34.1 Å². The van der Waals surface area contributed by atoms with Gasteiger partial charge < -0.3 is 14.2 Å². The van der Waals surface area contributed by atoms with Gasteiger partial charge >= 0.3 is 5.97 Å². The van der Waals surface area contributed by atoms with Crippen molar-refractivity contribution in [3.63, 3.8) is 0 Å². The van der Waals surface area contributed by atoms with Crippen molar-refractivity contribution in [2.45, 2.75) is 0 Å². The number of rotatable bonds is 7. The van der Waals surface area contributed by atoms with Crippen molar-refractivity contribution >= 4 is 16.7 Å². The molecule has 25 heavy (non-hydrogen) atoms. The van der Waals surface area contributed by atoms with Gasteiger partial charge in [0.15, 0.2) is 0 Å². The minimum Gasteiger partial charge on any atom is -0.490 e. The zero-order chi connectivity index (χ0) is 17.5. The summed E-state index contributed by atoms with van der Waals surface area (Å²) >= 11 is 0. The molecule has 0 amide bonds. The van der Waals surface area contributed by atoms with E-state index in [1.807, 2.05) is 66.7 Å². The average molecular weight is 334 g/mol. The third-order valence-corrected chi connectivity index (χ3v) is 3.53. The third kappa shape index (κ3) is 4.61. The largest absolute Gasteiger partial charge is 0.490 e. The molecule has 0 saturated heterocycles. The molecule has 0 aromatic heterocycles. The van der Waals surface area contributed by atoms with Gasteiger partial charge in [-0.25, -0.2) is 4.79 Å². The van der Waals surface area contributed by atoms with Gasteiger partial charge in [-0.2, -0.15) is 0 Å². The Hall–Kier alpha value is -3.27. The maximum atomic E-state index is 11.0. The van der Waals surface area contributed by atoms with E-state index in [1.54, 1.807) is 0 Å². The summed E-state index contributed by atoms with van der Waals surface area (Å²) in [5, 5.41) is 2.10. The van der Waals surface area contributed by atoms with Gasteiger partial charge in [0.25, 0.3) is 0 Å². The van der Waals surface area contributed by atoms with Crippen LogP contribution < -0.4 is 9.47 Å². The molecule has 0 aliphatic heterocycles. The highest BCUT2D eigenvalue weighted by Gasteiger charge is 2.02. The monoisotopic (exact) mass is 334 g/mol. The number of hydrogen-bond donors (Lipinski definition) is 0. The van der Waals surface area contributed by atoms with Crippen LogP contribution in [0.5, 0.6) is 17.2 Å². The quantitative estimate of drug-likeness (QED) is 0.356. The van der Waals surface area contributed by atoms with Crippen molar-refractivity contribution in [1.29, 1.82) is 0 Å². The lowest BCUT2D eigenvalue weighted by atomic mass is 10.1.